The Hall–Kier alpha value is -1.22. The summed E-state index contributed by atoms with van der Waals surface area (Å²) in [5.74, 6) is 1.47. The number of benzene rings is 1. The zero-order valence-corrected chi connectivity index (χ0v) is 13.6. The average Bonchev–Trinajstić information content (AvgIpc) is 2.52. The molecule has 0 aliphatic heterocycles. The lowest BCUT2D eigenvalue weighted by atomic mass is 10.2. The van der Waals surface area contributed by atoms with Gasteiger partial charge in [-0.3, -0.25) is 4.79 Å². The minimum Gasteiger partial charge on any atom is -0.494 e. The molecule has 1 aromatic rings. The van der Waals surface area contributed by atoms with Gasteiger partial charge in [-0.05, 0) is 30.5 Å². The summed E-state index contributed by atoms with van der Waals surface area (Å²) >= 11 is 5.56. The molecule has 3 nitrogen and oxygen atoms in total. The predicted molar refractivity (Wildman–Crippen MR) is 87.9 cm³/mol. The van der Waals surface area contributed by atoms with Gasteiger partial charge in [-0.1, -0.05) is 38.3 Å². The van der Waals surface area contributed by atoms with Crippen molar-refractivity contribution >= 4 is 17.5 Å². The van der Waals surface area contributed by atoms with Gasteiger partial charge in [0.15, 0.2) is 0 Å². The third-order valence-corrected chi connectivity index (χ3v) is 3.48. The largest absolute Gasteiger partial charge is 0.494 e. The van der Waals surface area contributed by atoms with Gasteiger partial charge in [0.2, 0.25) is 5.91 Å². The van der Waals surface area contributed by atoms with E-state index in [4.69, 9.17) is 16.3 Å². The lowest BCUT2D eigenvalue weighted by molar-refractivity contribution is -0.121. The Morgan fingerprint density at radius 3 is 2.57 bits per heavy atom. The van der Waals surface area contributed by atoms with Gasteiger partial charge in [0.1, 0.15) is 5.75 Å². The molecule has 1 aromatic carbocycles. The van der Waals surface area contributed by atoms with Crippen LogP contribution in [0.1, 0.15) is 51.0 Å². The van der Waals surface area contributed by atoms with Crippen LogP contribution in [0.5, 0.6) is 5.75 Å². The highest BCUT2D eigenvalue weighted by molar-refractivity contribution is 6.17. The van der Waals surface area contributed by atoms with E-state index < -0.39 is 0 Å². The number of halogens is 1. The monoisotopic (exact) mass is 311 g/mol. The van der Waals surface area contributed by atoms with Crippen molar-refractivity contribution in [3.8, 4) is 5.75 Å². The Morgan fingerprint density at radius 2 is 1.90 bits per heavy atom. The summed E-state index contributed by atoms with van der Waals surface area (Å²) in [6, 6.07) is 7.90. The molecule has 21 heavy (non-hydrogen) atoms. The Balaban J connectivity index is 2.22. The standard InChI is InChI=1S/C17H26ClNO2/c1-2-3-4-5-13-21-16-10-8-15(9-11-16)14-19-17(20)7-6-12-18/h8-11H,2-7,12-14H2,1H3,(H,19,20). The normalized spacial score (nSPS) is 10.4. The number of nitrogens with one attached hydrogen (secondary N) is 1. The molecule has 4 heteroatoms. The smallest absolute Gasteiger partial charge is 0.220 e. The van der Waals surface area contributed by atoms with Crippen LogP contribution in [0.3, 0.4) is 0 Å². The molecule has 0 aliphatic carbocycles. The molecule has 0 aromatic heterocycles. The fraction of sp³-hybridized carbons (Fsp3) is 0.588. The van der Waals surface area contributed by atoms with E-state index in [1.165, 1.54) is 19.3 Å². The summed E-state index contributed by atoms with van der Waals surface area (Å²) in [5.41, 5.74) is 1.08. The second-order valence-corrected chi connectivity index (χ2v) is 5.50. The number of hydrogen-bond acceptors (Lipinski definition) is 2. The van der Waals surface area contributed by atoms with Gasteiger partial charge in [0.05, 0.1) is 6.61 Å². The van der Waals surface area contributed by atoms with Gasteiger partial charge in [-0.15, -0.1) is 11.6 Å². The van der Waals surface area contributed by atoms with Gasteiger partial charge >= 0.3 is 0 Å². The van der Waals surface area contributed by atoms with Crippen molar-refractivity contribution in [3.05, 3.63) is 29.8 Å². The lowest BCUT2D eigenvalue weighted by Gasteiger charge is -2.08. The minimum atomic E-state index is 0.0481. The number of ether oxygens (including phenoxy) is 1. The molecule has 1 amide bonds. The highest BCUT2D eigenvalue weighted by Gasteiger charge is 2.01. The summed E-state index contributed by atoms with van der Waals surface area (Å²) in [7, 11) is 0. The number of rotatable bonds is 11. The van der Waals surface area contributed by atoms with Crippen molar-refractivity contribution in [2.24, 2.45) is 0 Å². The average molecular weight is 312 g/mol. The fourth-order valence-corrected chi connectivity index (χ4v) is 2.07. The molecular formula is C17H26ClNO2. The first-order chi connectivity index (χ1) is 10.3. The molecule has 0 fully saturated rings. The molecule has 1 N–H and O–H groups in total. The molecule has 0 bridgehead atoms. The van der Waals surface area contributed by atoms with E-state index in [0.717, 1.165) is 30.8 Å². The molecule has 0 aliphatic rings. The summed E-state index contributed by atoms with van der Waals surface area (Å²) in [6.07, 6.45) is 6.05. The van der Waals surface area contributed by atoms with E-state index >= 15 is 0 Å². The Bertz CT molecular complexity index is 392. The van der Waals surface area contributed by atoms with Gasteiger partial charge in [-0.2, -0.15) is 0 Å². The van der Waals surface area contributed by atoms with Gasteiger partial charge in [0, 0.05) is 18.8 Å². The van der Waals surface area contributed by atoms with Crippen LogP contribution in [0, 0.1) is 0 Å². The van der Waals surface area contributed by atoms with Crippen molar-refractivity contribution in [1.82, 2.24) is 5.32 Å². The van der Waals surface area contributed by atoms with E-state index in [1.54, 1.807) is 0 Å². The SMILES string of the molecule is CCCCCCOc1ccc(CNC(=O)CCCCl)cc1. The highest BCUT2D eigenvalue weighted by atomic mass is 35.5. The van der Waals surface area contributed by atoms with E-state index in [1.807, 2.05) is 24.3 Å². The molecule has 0 heterocycles. The molecule has 118 valence electrons. The summed E-state index contributed by atoms with van der Waals surface area (Å²) in [6.45, 7) is 3.53. The number of amides is 1. The van der Waals surface area contributed by atoms with Crippen LogP contribution >= 0.6 is 11.6 Å². The van der Waals surface area contributed by atoms with E-state index in [0.29, 0.717) is 18.8 Å². The van der Waals surface area contributed by atoms with Crippen LogP contribution in [0.4, 0.5) is 0 Å². The van der Waals surface area contributed by atoms with E-state index in [2.05, 4.69) is 12.2 Å². The van der Waals surface area contributed by atoms with Crippen LogP contribution in [0.2, 0.25) is 0 Å². The zero-order chi connectivity index (χ0) is 15.3. The molecule has 0 saturated heterocycles. The fourth-order valence-electron chi connectivity index (χ4n) is 1.94. The first kappa shape index (κ1) is 17.8. The van der Waals surface area contributed by atoms with Crippen molar-refractivity contribution < 1.29 is 9.53 Å². The maximum absolute atomic E-state index is 11.5. The van der Waals surface area contributed by atoms with Crippen molar-refractivity contribution in [2.75, 3.05) is 12.5 Å². The van der Waals surface area contributed by atoms with Gasteiger partial charge in [0.25, 0.3) is 0 Å². The Kier molecular flexibility index (Phi) is 9.71. The lowest BCUT2D eigenvalue weighted by Crippen LogP contribution is -2.22. The maximum Gasteiger partial charge on any atom is 0.220 e. The summed E-state index contributed by atoms with van der Waals surface area (Å²) < 4.78 is 5.68. The molecule has 0 saturated carbocycles. The van der Waals surface area contributed by atoms with E-state index in [9.17, 15) is 4.79 Å². The second kappa shape index (κ2) is 11.4. The highest BCUT2D eigenvalue weighted by Crippen LogP contribution is 2.13. The van der Waals surface area contributed by atoms with Crippen LogP contribution in [-0.4, -0.2) is 18.4 Å². The summed E-state index contributed by atoms with van der Waals surface area (Å²) in [4.78, 5) is 11.5. The third-order valence-electron chi connectivity index (χ3n) is 3.22. The molecule has 0 radical (unpaired) electrons. The molecule has 0 unspecified atom stereocenters. The second-order valence-electron chi connectivity index (χ2n) is 5.12. The Morgan fingerprint density at radius 1 is 1.14 bits per heavy atom. The third kappa shape index (κ3) is 8.61. The van der Waals surface area contributed by atoms with Crippen LogP contribution in [0.25, 0.3) is 0 Å². The molecule has 0 atom stereocenters. The molecule has 0 spiro atoms. The van der Waals surface area contributed by atoms with Gasteiger partial charge in [-0.25, -0.2) is 0 Å². The number of unbranched alkanes of at least 4 members (excludes halogenated alkanes) is 3. The number of carbonyl (C=O) groups excluding carboxylic acids is 1. The number of carbonyl (C=O) groups is 1. The quantitative estimate of drug-likeness (QED) is 0.489. The van der Waals surface area contributed by atoms with Crippen LogP contribution in [0.15, 0.2) is 24.3 Å². The number of hydrogen-bond donors (Lipinski definition) is 1. The summed E-state index contributed by atoms with van der Waals surface area (Å²) in [5, 5.41) is 2.88. The van der Waals surface area contributed by atoms with Crippen molar-refractivity contribution in [3.63, 3.8) is 0 Å². The van der Waals surface area contributed by atoms with Crippen molar-refractivity contribution in [1.29, 1.82) is 0 Å². The predicted octanol–water partition coefficient (Wildman–Crippen LogP) is 4.28. The minimum absolute atomic E-state index is 0.0481. The number of alkyl halides is 1. The van der Waals surface area contributed by atoms with Gasteiger partial charge < -0.3 is 10.1 Å². The zero-order valence-electron chi connectivity index (χ0n) is 12.9. The maximum atomic E-state index is 11.5. The van der Waals surface area contributed by atoms with E-state index in [-0.39, 0.29) is 5.91 Å². The molecule has 1 rings (SSSR count). The topological polar surface area (TPSA) is 38.3 Å². The first-order valence-electron chi connectivity index (χ1n) is 7.80. The van der Waals surface area contributed by atoms with Crippen LogP contribution < -0.4 is 10.1 Å². The first-order valence-corrected chi connectivity index (χ1v) is 8.34. The Labute approximate surface area is 133 Å². The van der Waals surface area contributed by atoms with Crippen LogP contribution in [-0.2, 0) is 11.3 Å². The van der Waals surface area contributed by atoms with Crippen molar-refractivity contribution in [2.45, 2.75) is 52.0 Å². The molecular weight excluding hydrogens is 286 g/mol.